The topological polar surface area (TPSA) is 45.8 Å². The molecule has 2 heterocycles. The first-order valence-corrected chi connectivity index (χ1v) is 6.57. The van der Waals surface area contributed by atoms with Crippen molar-refractivity contribution in [2.75, 3.05) is 0 Å². The maximum absolute atomic E-state index is 11.7. The van der Waals surface area contributed by atoms with E-state index in [2.05, 4.69) is 42.0 Å². The van der Waals surface area contributed by atoms with E-state index in [1.165, 1.54) is 28.8 Å². The van der Waals surface area contributed by atoms with Crippen LogP contribution < -0.4 is 5.56 Å². The van der Waals surface area contributed by atoms with Crippen LogP contribution in [0.2, 0.25) is 0 Å². The van der Waals surface area contributed by atoms with Crippen LogP contribution >= 0.6 is 11.3 Å². The Labute approximate surface area is 108 Å². The smallest absolute Gasteiger partial charge is 0.268 e. The molecular weight excluding hydrogens is 244 g/mol. The van der Waals surface area contributed by atoms with Gasteiger partial charge in [-0.2, -0.15) is 0 Å². The highest BCUT2D eigenvalue weighted by Gasteiger charge is 2.11. The van der Waals surface area contributed by atoms with Crippen molar-refractivity contribution in [3.63, 3.8) is 0 Å². The van der Waals surface area contributed by atoms with Crippen molar-refractivity contribution < 1.29 is 0 Å². The van der Waals surface area contributed by atoms with Gasteiger partial charge < -0.3 is 4.98 Å². The van der Waals surface area contributed by atoms with Crippen molar-refractivity contribution in [2.24, 2.45) is 0 Å². The highest BCUT2D eigenvalue weighted by Crippen LogP contribution is 2.32. The molecule has 3 rings (SSSR count). The van der Waals surface area contributed by atoms with Crippen LogP contribution in [0.4, 0.5) is 0 Å². The van der Waals surface area contributed by atoms with E-state index in [4.69, 9.17) is 0 Å². The predicted molar refractivity (Wildman–Crippen MR) is 75.2 cm³/mol. The number of nitrogens with zero attached hydrogens (tertiary/aromatic N) is 1. The average Bonchev–Trinajstić information content (AvgIpc) is 2.77. The number of thiophene rings is 1. The number of hydrogen-bond acceptors (Lipinski definition) is 3. The lowest BCUT2D eigenvalue weighted by atomic mass is 10.00. The van der Waals surface area contributed by atoms with E-state index >= 15 is 0 Å². The molecule has 0 amide bonds. The minimum absolute atomic E-state index is 0.0680. The number of H-pyrrole nitrogens is 1. The van der Waals surface area contributed by atoms with Crippen molar-refractivity contribution in [3.8, 4) is 11.1 Å². The zero-order valence-corrected chi connectivity index (χ0v) is 11.0. The maximum atomic E-state index is 11.7. The third-order valence-electron chi connectivity index (χ3n) is 3.04. The summed E-state index contributed by atoms with van der Waals surface area (Å²) in [5, 5.41) is 2.01. The molecule has 0 bridgehead atoms. The molecular formula is C14H12N2OS. The first kappa shape index (κ1) is 11.2. The zero-order chi connectivity index (χ0) is 12.7. The fourth-order valence-electron chi connectivity index (χ4n) is 2.08. The minimum atomic E-state index is -0.0680. The molecule has 3 aromatic rings. The molecule has 1 N–H and O–H groups in total. The van der Waals surface area contributed by atoms with E-state index < -0.39 is 0 Å². The summed E-state index contributed by atoms with van der Waals surface area (Å²) in [7, 11) is 0. The van der Waals surface area contributed by atoms with Crippen molar-refractivity contribution in [2.45, 2.75) is 13.8 Å². The third kappa shape index (κ3) is 1.66. The van der Waals surface area contributed by atoms with Crippen LogP contribution in [0.5, 0.6) is 0 Å². The van der Waals surface area contributed by atoms with Gasteiger partial charge in [-0.1, -0.05) is 23.8 Å². The summed E-state index contributed by atoms with van der Waals surface area (Å²) in [5.41, 5.74) is 5.32. The van der Waals surface area contributed by atoms with Gasteiger partial charge in [-0.3, -0.25) is 4.79 Å². The number of rotatable bonds is 1. The average molecular weight is 256 g/mol. The molecule has 0 saturated carbocycles. The Morgan fingerprint density at radius 2 is 2.06 bits per heavy atom. The molecule has 0 aliphatic carbocycles. The maximum Gasteiger partial charge on any atom is 0.268 e. The van der Waals surface area contributed by atoms with Crippen LogP contribution in [0.1, 0.15) is 11.1 Å². The van der Waals surface area contributed by atoms with Crippen LogP contribution in [0.15, 0.2) is 34.7 Å². The van der Waals surface area contributed by atoms with Gasteiger partial charge in [-0.15, -0.1) is 11.3 Å². The molecule has 0 fully saturated rings. The monoisotopic (exact) mass is 256 g/mol. The molecule has 3 nitrogen and oxygen atoms in total. The third-order valence-corrected chi connectivity index (χ3v) is 4.01. The van der Waals surface area contributed by atoms with E-state index in [9.17, 15) is 4.79 Å². The quantitative estimate of drug-likeness (QED) is 0.726. The molecule has 1 aromatic carbocycles. The van der Waals surface area contributed by atoms with E-state index in [0.29, 0.717) is 4.70 Å². The molecule has 0 atom stereocenters. The molecule has 90 valence electrons. The Morgan fingerprint density at radius 3 is 2.89 bits per heavy atom. The van der Waals surface area contributed by atoms with Gasteiger partial charge in [-0.25, -0.2) is 4.98 Å². The summed E-state index contributed by atoms with van der Waals surface area (Å²) in [4.78, 5) is 18.6. The zero-order valence-electron chi connectivity index (χ0n) is 10.2. The lowest BCUT2D eigenvalue weighted by Crippen LogP contribution is -2.03. The van der Waals surface area contributed by atoms with Gasteiger partial charge in [0.1, 0.15) is 4.70 Å². The molecule has 18 heavy (non-hydrogen) atoms. The molecule has 2 aromatic heterocycles. The fourth-order valence-corrected chi connectivity index (χ4v) is 2.99. The van der Waals surface area contributed by atoms with E-state index in [1.54, 1.807) is 0 Å². The number of nitrogens with one attached hydrogen (secondary N) is 1. The lowest BCUT2D eigenvalue weighted by Gasteiger charge is -2.05. The molecule has 4 heteroatoms. The molecule has 0 radical (unpaired) electrons. The van der Waals surface area contributed by atoms with Crippen LogP contribution in [-0.4, -0.2) is 9.97 Å². The second-order valence-corrected chi connectivity index (χ2v) is 5.26. The second-order valence-electron chi connectivity index (χ2n) is 4.38. The first-order chi connectivity index (χ1) is 8.66. The van der Waals surface area contributed by atoms with Crippen molar-refractivity contribution >= 4 is 21.6 Å². The predicted octanol–water partition coefficient (Wildman–Crippen LogP) is 3.27. The Hall–Kier alpha value is -1.94. The Morgan fingerprint density at radius 1 is 1.22 bits per heavy atom. The number of hydrogen-bond donors (Lipinski definition) is 1. The standard InChI is InChI=1S/C14H12N2OS/c1-8-3-4-9(2)10(5-8)11-6-18-13-12(11)15-7-16-14(13)17/h3-7H,1-2H3,(H,15,16,17). The first-order valence-electron chi connectivity index (χ1n) is 5.69. The Bertz CT molecular complexity index is 786. The largest absolute Gasteiger partial charge is 0.312 e. The normalized spacial score (nSPS) is 11.0. The Kier molecular flexibility index (Phi) is 2.52. The number of benzene rings is 1. The van der Waals surface area contributed by atoms with E-state index in [-0.39, 0.29) is 5.56 Å². The summed E-state index contributed by atoms with van der Waals surface area (Å²) in [5.74, 6) is 0. The number of aryl methyl sites for hydroxylation is 2. The summed E-state index contributed by atoms with van der Waals surface area (Å²) in [6.07, 6.45) is 1.46. The molecule has 0 saturated heterocycles. The Balaban J connectivity index is 2.36. The molecule has 0 spiro atoms. The lowest BCUT2D eigenvalue weighted by molar-refractivity contribution is 1.18. The second kappa shape index (κ2) is 4.07. The number of fused-ring (bicyclic) bond motifs is 1. The SMILES string of the molecule is Cc1ccc(C)c(-c2csc3c(=O)[nH]cnc23)c1. The van der Waals surface area contributed by atoms with Crippen molar-refractivity contribution in [1.29, 1.82) is 0 Å². The van der Waals surface area contributed by atoms with Gasteiger partial charge >= 0.3 is 0 Å². The van der Waals surface area contributed by atoms with Gasteiger partial charge in [0.2, 0.25) is 0 Å². The summed E-state index contributed by atoms with van der Waals surface area (Å²) in [6.45, 7) is 4.14. The van der Waals surface area contributed by atoms with Crippen molar-refractivity contribution in [3.05, 3.63) is 51.4 Å². The van der Waals surface area contributed by atoms with Crippen LogP contribution in [0.25, 0.3) is 21.3 Å². The minimum Gasteiger partial charge on any atom is -0.312 e. The molecule has 0 aliphatic rings. The summed E-state index contributed by atoms with van der Waals surface area (Å²) in [6, 6.07) is 6.33. The van der Waals surface area contributed by atoms with Crippen molar-refractivity contribution in [1.82, 2.24) is 9.97 Å². The highest BCUT2D eigenvalue weighted by molar-refractivity contribution is 7.17. The molecule has 0 aliphatic heterocycles. The van der Waals surface area contributed by atoms with Gasteiger partial charge in [-0.05, 0) is 25.0 Å². The van der Waals surface area contributed by atoms with Crippen LogP contribution in [0.3, 0.4) is 0 Å². The van der Waals surface area contributed by atoms with E-state index in [1.807, 2.05) is 5.38 Å². The van der Waals surface area contributed by atoms with Crippen LogP contribution in [-0.2, 0) is 0 Å². The summed E-state index contributed by atoms with van der Waals surface area (Å²) < 4.78 is 0.688. The van der Waals surface area contributed by atoms with Gasteiger partial charge in [0.05, 0.1) is 11.8 Å². The summed E-state index contributed by atoms with van der Waals surface area (Å²) >= 11 is 1.44. The van der Waals surface area contributed by atoms with E-state index in [0.717, 1.165) is 16.6 Å². The van der Waals surface area contributed by atoms with Crippen LogP contribution in [0, 0.1) is 13.8 Å². The number of aromatic nitrogens is 2. The highest BCUT2D eigenvalue weighted by atomic mass is 32.1. The van der Waals surface area contributed by atoms with Gasteiger partial charge in [0.25, 0.3) is 5.56 Å². The fraction of sp³-hybridized carbons (Fsp3) is 0.143. The van der Waals surface area contributed by atoms with Gasteiger partial charge in [0.15, 0.2) is 0 Å². The molecule has 0 unspecified atom stereocenters. The van der Waals surface area contributed by atoms with Gasteiger partial charge in [0, 0.05) is 10.9 Å². The number of aromatic amines is 1.